The van der Waals surface area contributed by atoms with Crippen molar-refractivity contribution in [2.45, 2.75) is 45.7 Å². The molecule has 1 atom stereocenters. The average molecular weight is 448 g/mol. The molecular formula is C16H29IN6O. The average Bonchev–Trinajstić information content (AvgIpc) is 3.22. The number of guanidine groups is 1. The molecule has 1 aromatic heterocycles. The fourth-order valence-corrected chi connectivity index (χ4v) is 2.70. The van der Waals surface area contributed by atoms with E-state index in [0.29, 0.717) is 6.42 Å². The highest BCUT2D eigenvalue weighted by atomic mass is 127. The molecule has 1 unspecified atom stereocenters. The van der Waals surface area contributed by atoms with Crippen LogP contribution in [0.25, 0.3) is 0 Å². The van der Waals surface area contributed by atoms with Crippen LogP contribution in [0.4, 0.5) is 0 Å². The van der Waals surface area contributed by atoms with Crippen molar-refractivity contribution in [3.05, 3.63) is 18.5 Å². The molecule has 1 aliphatic rings. The quantitative estimate of drug-likeness (QED) is 0.287. The number of hydrogen-bond acceptors (Lipinski definition) is 3. The summed E-state index contributed by atoms with van der Waals surface area (Å²) in [5.41, 5.74) is 0. The van der Waals surface area contributed by atoms with Crippen LogP contribution in [0.2, 0.25) is 0 Å². The number of likely N-dealkylation sites (tertiary alicyclic amines) is 1. The van der Waals surface area contributed by atoms with E-state index in [1.54, 1.807) is 6.20 Å². The van der Waals surface area contributed by atoms with Crippen LogP contribution >= 0.6 is 24.0 Å². The highest BCUT2D eigenvalue weighted by Crippen LogP contribution is 2.10. The lowest BCUT2D eigenvalue weighted by atomic mass is 10.3. The Kier molecular flexibility index (Phi) is 9.73. The van der Waals surface area contributed by atoms with Gasteiger partial charge in [0.1, 0.15) is 0 Å². The first-order chi connectivity index (χ1) is 11.2. The Morgan fingerprint density at radius 1 is 1.42 bits per heavy atom. The summed E-state index contributed by atoms with van der Waals surface area (Å²) in [7, 11) is 0. The van der Waals surface area contributed by atoms with Gasteiger partial charge in [0.15, 0.2) is 5.96 Å². The zero-order chi connectivity index (χ0) is 16.5. The van der Waals surface area contributed by atoms with Crippen LogP contribution in [-0.2, 0) is 11.3 Å². The van der Waals surface area contributed by atoms with E-state index in [2.05, 4.69) is 27.6 Å². The fraction of sp³-hybridized carbons (Fsp3) is 0.688. The zero-order valence-electron chi connectivity index (χ0n) is 14.6. The second-order valence-electron chi connectivity index (χ2n) is 5.71. The van der Waals surface area contributed by atoms with E-state index in [1.807, 2.05) is 28.8 Å². The Morgan fingerprint density at radius 3 is 2.92 bits per heavy atom. The van der Waals surface area contributed by atoms with Crippen LogP contribution in [0, 0.1) is 0 Å². The number of nitrogens with zero attached hydrogens (tertiary/aromatic N) is 4. The molecule has 1 fully saturated rings. The van der Waals surface area contributed by atoms with Crippen LogP contribution in [0.1, 0.15) is 33.1 Å². The predicted molar refractivity (Wildman–Crippen MR) is 107 cm³/mol. The van der Waals surface area contributed by atoms with Gasteiger partial charge >= 0.3 is 0 Å². The number of carbonyl (C=O) groups is 1. The molecule has 1 aromatic rings. The highest BCUT2D eigenvalue weighted by molar-refractivity contribution is 14.0. The first-order valence-electron chi connectivity index (χ1n) is 8.53. The number of rotatable bonds is 7. The highest BCUT2D eigenvalue weighted by Gasteiger charge is 2.25. The number of halogens is 1. The number of amides is 1. The molecule has 24 heavy (non-hydrogen) atoms. The van der Waals surface area contributed by atoms with Crippen molar-refractivity contribution in [2.24, 2.45) is 4.99 Å². The molecule has 0 aromatic carbocycles. The monoisotopic (exact) mass is 448 g/mol. The second-order valence-corrected chi connectivity index (χ2v) is 5.71. The molecule has 0 saturated carbocycles. The molecule has 0 radical (unpaired) electrons. The number of nitrogens with one attached hydrogen (secondary N) is 2. The molecule has 1 amide bonds. The van der Waals surface area contributed by atoms with E-state index < -0.39 is 0 Å². The molecule has 7 nitrogen and oxygen atoms in total. The maximum Gasteiger partial charge on any atom is 0.222 e. The summed E-state index contributed by atoms with van der Waals surface area (Å²) in [5, 5.41) is 10.9. The summed E-state index contributed by atoms with van der Waals surface area (Å²) in [5.74, 6) is 1.07. The normalized spacial score (nSPS) is 17.5. The van der Waals surface area contributed by atoms with Crippen LogP contribution in [-0.4, -0.2) is 58.8 Å². The van der Waals surface area contributed by atoms with E-state index >= 15 is 0 Å². The first kappa shape index (κ1) is 20.7. The van der Waals surface area contributed by atoms with Gasteiger partial charge in [-0.05, 0) is 25.8 Å². The Morgan fingerprint density at radius 2 is 2.25 bits per heavy atom. The number of carbonyl (C=O) groups excluding carboxylic acids is 1. The number of hydrogen-bond donors (Lipinski definition) is 2. The van der Waals surface area contributed by atoms with Gasteiger partial charge in [-0.2, -0.15) is 5.10 Å². The van der Waals surface area contributed by atoms with Gasteiger partial charge in [0, 0.05) is 57.6 Å². The van der Waals surface area contributed by atoms with Crippen LogP contribution in [0.3, 0.4) is 0 Å². The fourth-order valence-electron chi connectivity index (χ4n) is 2.70. The molecule has 0 aliphatic carbocycles. The SMILES string of the molecule is CCNC(=NCCCn1cccn1)NC1CCN(C(=O)CC)C1.I. The minimum atomic E-state index is 0. The van der Waals surface area contributed by atoms with Gasteiger partial charge in [-0.15, -0.1) is 24.0 Å². The Bertz CT molecular complexity index is 505. The summed E-state index contributed by atoms with van der Waals surface area (Å²) in [4.78, 5) is 18.3. The van der Waals surface area contributed by atoms with Gasteiger partial charge in [-0.25, -0.2) is 0 Å². The lowest BCUT2D eigenvalue weighted by Crippen LogP contribution is -2.45. The van der Waals surface area contributed by atoms with E-state index in [9.17, 15) is 4.79 Å². The molecule has 0 spiro atoms. The molecule has 2 heterocycles. The summed E-state index contributed by atoms with van der Waals surface area (Å²) in [6.45, 7) is 8.02. The number of aryl methyl sites for hydroxylation is 1. The lowest BCUT2D eigenvalue weighted by Gasteiger charge is -2.18. The molecule has 2 N–H and O–H groups in total. The predicted octanol–water partition coefficient (Wildman–Crippen LogP) is 1.46. The van der Waals surface area contributed by atoms with Crippen LogP contribution < -0.4 is 10.6 Å². The first-order valence-corrected chi connectivity index (χ1v) is 8.53. The molecule has 8 heteroatoms. The number of aliphatic imine (C=N–C) groups is 1. The molecule has 0 bridgehead atoms. The van der Waals surface area contributed by atoms with Crippen molar-refractivity contribution in [1.29, 1.82) is 0 Å². The standard InChI is InChI=1S/C16H28N6O.HI/c1-3-15(23)21-12-7-14(13-21)20-16(17-4-2)18-8-5-10-22-11-6-9-19-22;/h6,9,11,14H,3-5,7-8,10,12-13H2,1-2H3,(H2,17,18,20);1H. The van der Waals surface area contributed by atoms with Crippen LogP contribution in [0.5, 0.6) is 0 Å². The van der Waals surface area contributed by atoms with Gasteiger partial charge in [-0.1, -0.05) is 6.92 Å². The molecular weight excluding hydrogens is 419 g/mol. The molecule has 1 aliphatic heterocycles. The van der Waals surface area contributed by atoms with Gasteiger partial charge < -0.3 is 15.5 Å². The van der Waals surface area contributed by atoms with E-state index in [1.165, 1.54) is 0 Å². The van der Waals surface area contributed by atoms with Crippen molar-refractivity contribution >= 4 is 35.8 Å². The molecule has 1 saturated heterocycles. The van der Waals surface area contributed by atoms with Gasteiger partial charge in [0.2, 0.25) is 5.91 Å². The summed E-state index contributed by atoms with van der Waals surface area (Å²) in [6.07, 6.45) is 6.25. The summed E-state index contributed by atoms with van der Waals surface area (Å²) in [6, 6.07) is 2.22. The van der Waals surface area contributed by atoms with Crippen LogP contribution in [0.15, 0.2) is 23.5 Å². The van der Waals surface area contributed by atoms with Crippen molar-refractivity contribution in [1.82, 2.24) is 25.3 Å². The molecule has 136 valence electrons. The summed E-state index contributed by atoms with van der Waals surface area (Å²) >= 11 is 0. The van der Waals surface area contributed by atoms with E-state index in [-0.39, 0.29) is 35.9 Å². The smallest absolute Gasteiger partial charge is 0.222 e. The van der Waals surface area contributed by atoms with Gasteiger partial charge in [0.05, 0.1) is 0 Å². The number of aromatic nitrogens is 2. The minimum Gasteiger partial charge on any atom is -0.357 e. The Hall–Kier alpha value is -1.32. The topological polar surface area (TPSA) is 74.6 Å². The third-order valence-electron chi connectivity index (χ3n) is 3.90. The van der Waals surface area contributed by atoms with Gasteiger partial charge in [-0.3, -0.25) is 14.5 Å². The Balaban J connectivity index is 0.00000288. The minimum absolute atomic E-state index is 0. The van der Waals surface area contributed by atoms with Crippen molar-refractivity contribution in [3.8, 4) is 0 Å². The maximum absolute atomic E-state index is 11.7. The largest absolute Gasteiger partial charge is 0.357 e. The van der Waals surface area contributed by atoms with Gasteiger partial charge in [0.25, 0.3) is 0 Å². The van der Waals surface area contributed by atoms with E-state index in [4.69, 9.17) is 0 Å². The van der Waals surface area contributed by atoms with Crippen molar-refractivity contribution in [2.75, 3.05) is 26.2 Å². The second kappa shape index (κ2) is 11.3. The third-order valence-corrected chi connectivity index (χ3v) is 3.90. The third kappa shape index (κ3) is 6.66. The van der Waals surface area contributed by atoms with E-state index in [0.717, 1.165) is 51.5 Å². The Labute approximate surface area is 161 Å². The van der Waals surface area contributed by atoms with Crippen molar-refractivity contribution < 1.29 is 4.79 Å². The molecule has 2 rings (SSSR count). The lowest BCUT2D eigenvalue weighted by molar-refractivity contribution is -0.129. The summed E-state index contributed by atoms with van der Waals surface area (Å²) < 4.78 is 1.92. The zero-order valence-corrected chi connectivity index (χ0v) is 16.9. The van der Waals surface area contributed by atoms with Crippen molar-refractivity contribution in [3.63, 3.8) is 0 Å². The maximum atomic E-state index is 11.7.